The smallest absolute Gasteiger partial charge is 0.327 e. The number of carbonyl (C=O) groups is 2. The number of rotatable bonds is 3. The SMILES string of the molecule is CC1CN(C(=O)N(Cc2ccc(C(=O)NO)cc2)C2=NCCC=N2)CC(C)O1. The largest absolute Gasteiger partial charge is 0.372 e. The van der Waals surface area contributed by atoms with Crippen LogP contribution in [-0.2, 0) is 11.3 Å². The van der Waals surface area contributed by atoms with Gasteiger partial charge in [-0.1, -0.05) is 12.1 Å². The molecule has 2 unspecified atom stereocenters. The number of ether oxygens (including phenoxy) is 1. The Hall–Kier alpha value is -2.78. The van der Waals surface area contributed by atoms with Crippen molar-refractivity contribution < 1.29 is 19.5 Å². The Morgan fingerprint density at radius 1 is 1.25 bits per heavy atom. The molecule has 2 aliphatic rings. The van der Waals surface area contributed by atoms with Crippen molar-refractivity contribution in [2.24, 2.45) is 9.98 Å². The highest BCUT2D eigenvalue weighted by molar-refractivity contribution is 6.00. The molecule has 1 fully saturated rings. The molecule has 3 amide bonds. The van der Waals surface area contributed by atoms with Gasteiger partial charge in [-0.15, -0.1) is 0 Å². The second-order valence-corrected chi connectivity index (χ2v) is 6.95. The van der Waals surface area contributed by atoms with Gasteiger partial charge in [-0.2, -0.15) is 0 Å². The van der Waals surface area contributed by atoms with Gasteiger partial charge in [-0.3, -0.25) is 19.9 Å². The number of hydrogen-bond donors (Lipinski definition) is 2. The Labute approximate surface area is 163 Å². The Morgan fingerprint density at radius 3 is 2.50 bits per heavy atom. The number of benzene rings is 1. The number of aliphatic imine (C=N–C) groups is 2. The maximum Gasteiger partial charge on any atom is 0.327 e. The second kappa shape index (κ2) is 8.94. The molecule has 0 spiro atoms. The lowest BCUT2D eigenvalue weighted by Gasteiger charge is -2.38. The van der Waals surface area contributed by atoms with Gasteiger partial charge in [0.1, 0.15) is 0 Å². The fraction of sp³-hybridized carbons (Fsp3) is 0.474. The molecule has 0 saturated carbocycles. The zero-order valence-corrected chi connectivity index (χ0v) is 16.0. The highest BCUT2D eigenvalue weighted by Crippen LogP contribution is 2.17. The van der Waals surface area contributed by atoms with Gasteiger partial charge in [-0.05, 0) is 31.5 Å². The number of hydroxylamine groups is 1. The van der Waals surface area contributed by atoms with Gasteiger partial charge in [0, 0.05) is 37.8 Å². The average molecular weight is 387 g/mol. The summed E-state index contributed by atoms with van der Waals surface area (Å²) in [5.74, 6) is -0.197. The summed E-state index contributed by atoms with van der Waals surface area (Å²) < 4.78 is 5.73. The normalized spacial score (nSPS) is 21.8. The van der Waals surface area contributed by atoms with Crippen LogP contribution in [0.25, 0.3) is 0 Å². The van der Waals surface area contributed by atoms with Crippen molar-refractivity contribution in [3.05, 3.63) is 35.4 Å². The summed E-state index contributed by atoms with van der Waals surface area (Å²) in [5, 5.41) is 8.73. The van der Waals surface area contributed by atoms with E-state index in [1.807, 2.05) is 13.8 Å². The molecule has 2 atom stereocenters. The number of hydrogen-bond acceptors (Lipinski definition) is 6. The predicted molar refractivity (Wildman–Crippen MR) is 104 cm³/mol. The molecule has 1 saturated heterocycles. The lowest BCUT2D eigenvalue weighted by atomic mass is 10.1. The molecule has 1 aromatic rings. The van der Waals surface area contributed by atoms with Crippen LogP contribution in [0.5, 0.6) is 0 Å². The summed E-state index contributed by atoms with van der Waals surface area (Å²) >= 11 is 0. The molecular weight excluding hydrogens is 362 g/mol. The summed E-state index contributed by atoms with van der Waals surface area (Å²) in [6, 6.07) is 6.49. The van der Waals surface area contributed by atoms with Crippen molar-refractivity contribution in [3.8, 4) is 0 Å². The van der Waals surface area contributed by atoms with Crippen LogP contribution in [-0.4, -0.2) is 71.0 Å². The third-order valence-electron chi connectivity index (χ3n) is 4.54. The monoisotopic (exact) mass is 387 g/mol. The Morgan fingerprint density at radius 2 is 1.93 bits per heavy atom. The van der Waals surface area contributed by atoms with Crippen molar-refractivity contribution in [2.45, 2.75) is 39.0 Å². The first-order valence-corrected chi connectivity index (χ1v) is 9.30. The van der Waals surface area contributed by atoms with Gasteiger partial charge in [0.25, 0.3) is 5.91 Å². The lowest BCUT2D eigenvalue weighted by Crippen LogP contribution is -2.53. The van der Waals surface area contributed by atoms with Crippen LogP contribution < -0.4 is 5.48 Å². The molecule has 2 N–H and O–H groups in total. The summed E-state index contributed by atoms with van der Waals surface area (Å²) in [6.07, 6.45) is 2.44. The van der Waals surface area contributed by atoms with Crippen LogP contribution in [0.2, 0.25) is 0 Å². The number of carbonyl (C=O) groups excluding carboxylic acids is 2. The van der Waals surface area contributed by atoms with E-state index >= 15 is 0 Å². The number of morpholine rings is 1. The number of amides is 3. The highest BCUT2D eigenvalue weighted by Gasteiger charge is 2.31. The van der Waals surface area contributed by atoms with Gasteiger partial charge >= 0.3 is 6.03 Å². The van der Waals surface area contributed by atoms with E-state index < -0.39 is 5.91 Å². The maximum absolute atomic E-state index is 13.3. The minimum Gasteiger partial charge on any atom is -0.372 e. The first-order valence-electron chi connectivity index (χ1n) is 9.30. The molecule has 1 aromatic carbocycles. The summed E-state index contributed by atoms with van der Waals surface area (Å²) in [6.45, 7) is 5.77. The van der Waals surface area contributed by atoms with Gasteiger partial charge in [-0.25, -0.2) is 15.3 Å². The van der Waals surface area contributed by atoms with Crippen molar-refractivity contribution in [3.63, 3.8) is 0 Å². The van der Waals surface area contributed by atoms with Crippen molar-refractivity contribution in [1.29, 1.82) is 0 Å². The molecule has 150 valence electrons. The van der Waals surface area contributed by atoms with Crippen LogP contribution in [0.3, 0.4) is 0 Å². The van der Waals surface area contributed by atoms with Crippen LogP contribution >= 0.6 is 0 Å². The van der Waals surface area contributed by atoms with Crippen molar-refractivity contribution in [1.82, 2.24) is 15.3 Å². The van der Waals surface area contributed by atoms with E-state index in [-0.39, 0.29) is 24.8 Å². The first-order chi connectivity index (χ1) is 13.5. The Bertz CT molecular complexity index is 767. The van der Waals surface area contributed by atoms with Crippen molar-refractivity contribution in [2.75, 3.05) is 19.6 Å². The maximum atomic E-state index is 13.3. The average Bonchev–Trinajstić information content (AvgIpc) is 2.71. The molecule has 3 rings (SSSR count). The molecule has 0 bridgehead atoms. The van der Waals surface area contributed by atoms with Gasteiger partial charge < -0.3 is 9.64 Å². The Kier molecular flexibility index (Phi) is 6.37. The van der Waals surface area contributed by atoms with Crippen molar-refractivity contribution >= 4 is 24.1 Å². The van der Waals surface area contributed by atoms with Gasteiger partial charge in [0.05, 0.1) is 18.8 Å². The van der Waals surface area contributed by atoms with Crippen LogP contribution in [0.15, 0.2) is 34.3 Å². The molecule has 2 aliphatic heterocycles. The number of nitrogens with one attached hydrogen (secondary N) is 1. The first kappa shape index (κ1) is 20.0. The zero-order chi connectivity index (χ0) is 20.1. The fourth-order valence-electron chi connectivity index (χ4n) is 3.30. The number of urea groups is 1. The van der Waals surface area contributed by atoms with Gasteiger partial charge in [0.2, 0.25) is 5.96 Å². The predicted octanol–water partition coefficient (Wildman–Crippen LogP) is 1.67. The van der Waals surface area contributed by atoms with Crippen LogP contribution in [0, 0.1) is 0 Å². The number of nitrogens with zero attached hydrogens (tertiary/aromatic N) is 4. The Balaban J connectivity index is 1.81. The third-order valence-corrected chi connectivity index (χ3v) is 4.54. The molecule has 2 heterocycles. The highest BCUT2D eigenvalue weighted by atomic mass is 16.5. The van der Waals surface area contributed by atoms with Crippen LogP contribution in [0.4, 0.5) is 4.79 Å². The standard InChI is InChI=1S/C19H25N5O4/c1-13-10-23(11-14(2)28-13)19(26)24(18-20-8-3-9-21-18)12-15-4-6-16(7-5-15)17(25)22-27/h4-8,13-14,27H,3,9-12H2,1-2H3,(H,22,25). The summed E-state index contributed by atoms with van der Waals surface area (Å²) in [7, 11) is 0. The van der Waals surface area contributed by atoms with E-state index in [0.717, 1.165) is 12.0 Å². The lowest BCUT2D eigenvalue weighted by molar-refractivity contribution is -0.0568. The third kappa shape index (κ3) is 4.73. The topological polar surface area (TPSA) is 107 Å². The van der Waals surface area contributed by atoms with E-state index in [9.17, 15) is 9.59 Å². The van der Waals surface area contributed by atoms with E-state index in [0.29, 0.717) is 31.2 Å². The summed E-state index contributed by atoms with van der Waals surface area (Å²) in [4.78, 5) is 36.8. The van der Waals surface area contributed by atoms with E-state index in [1.165, 1.54) is 0 Å². The molecule has 0 aromatic heterocycles. The summed E-state index contributed by atoms with van der Waals surface area (Å²) in [5.41, 5.74) is 2.75. The zero-order valence-electron chi connectivity index (χ0n) is 16.0. The van der Waals surface area contributed by atoms with Gasteiger partial charge in [0.15, 0.2) is 0 Å². The second-order valence-electron chi connectivity index (χ2n) is 6.95. The minimum absolute atomic E-state index is 0.0392. The molecule has 0 aliphatic carbocycles. The van der Waals surface area contributed by atoms with Crippen LogP contribution in [0.1, 0.15) is 36.2 Å². The quantitative estimate of drug-likeness (QED) is 0.608. The van der Waals surface area contributed by atoms with E-state index in [1.54, 1.807) is 45.8 Å². The molecule has 9 nitrogen and oxygen atoms in total. The minimum atomic E-state index is -0.586. The molecule has 0 radical (unpaired) electrons. The molecule has 28 heavy (non-hydrogen) atoms. The molecule has 9 heteroatoms. The molecular formula is C19H25N5O4. The van der Waals surface area contributed by atoms with E-state index in [4.69, 9.17) is 9.94 Å². The fourth-order valence-corrected chi connectivity index (χ4v) is 3.30. The number of guanidine groups is 1. The van der Waals surface area contributed by atoms with E-state index in [2.05, 4.69) is 9.98 Å².